The molecule has 3 aromatic rings. The van der Waals surface area contributed by atoms with Crippen LogP contribution >= 0.6 is 0 Å². The summed E-state index contributed by atoms with van der Waals surface area (Å²) in [5, 5.41) is 10.8. The first-order chi connectivity index (χ1) is 13.8. The predicted octanol–water partition coefficient (Wildman–Crippen LogP) is 3.40. The third-order valence-corrected chi connectivity index (χ3v) is 4.84. The normalized spacial score (nSPS) is 16.1. The van der Waals surface area contributed by atoms with Gasteiger partial charge in [-0.25, -0.2) is 8.78 Å². The van der Waals surface area contributed by atoms with Crippen molar-refractivity contribution in [1.29, 1.82) is 0 Å². The van der Waals surface area contributed by atoms with E-state index in [0.29, 0.717) is 43.1 Å². The molecule has 6 nitrogen and oxygen atoms in total. The van der Waals surface area contributed by atoms with Crippen LogP contribution < -0.4 is 4.90 Å². The lowest BCUT2D eigenvalue weighted by Gasteiger charge is -2.35. The second-order valence-corrected chi connectivity index (χ2v) is 6.79. The zero-order chi connectivity index (χ0) is 20.6. The number of aromatic nitrogens is 4. The maximum atomic E-state index is 13.0. The smallest absolute Gasteiger partial charge is 0.353 e. The summed E-state index contributed by atoms with van der Waals surface area (Å²) in [6, 6.07) is 9.31. The fourth-order valence-electron chi connectivity index (χ4n) is 3.29. The molecular formula is C18H17F5N6. The highest BCUT2D eigenvalue weighted by atomic mass is 19.4. The van der Waals surface area contributed by atoms with Crippen LogP contribution in [0.5, 0.6) is 0 Å². The van der Waals surface area contributed by atoms with Crippen LogP contribution in [-0.4, -0.2) is 50.9 Å². The summed E-state index contributed by atoms with van der Waals surface area (Å²) in [6.45, 7) is 3.12. The molecule has 4 rings (SSSR count). The lowest BCUT2D eigenvalue weighted by molar-refractivity contribution is -0.146. The van der Waals surface area contributed by atoms with Crippen LogP contribution in [0, 0.1) is 0 Å². The molecule has 0 N–H and O–H groups in total. The van der Waals surface area contributed by atoms with Gasteiger partial charge in [-0.15, -0.1) is 15.3 Å². The average molecular weight is 412 g/mol. The highest BCUT2D eigenvalue weighted by molar-refractivity contribution is 5.46. The van der Waals surface area contributed by atoms with Crippen molar-refractivity contribution >= 4 is 11.5 Å². The highest BCUT2D eigenvalue weighted by Gasteiger charge is 2.37. The van der Waals surface area contributed by atoms with Gasteiger partial charge >= 0.3 is 6.18 Å². The van der Waals surface area contributed by atoms with Crippen LogP contribution in [0.15, 0.2) is 36.4 Å². The van der Waals surface area contributed by atoms with Gasteiger partial charge < -0.3 is 4.90 Å². The molecule has 1 fully saturated rings. The van der Waals surface area contributed by atoms with Crippen molar-refractivity contribution in [3.63, 3.8) is 0 Å². The topological polar surface area (TPSA) is 49.6 Å². The van der Waals surface area contributed by atoms with Crippen LogP contribution in [0.1, 0.15) is 23.4 Å². The third-order valence-electron chi connectivity index (χ3n) is 4.84. The van der Waals surface area contributed by atoms with Crippen molar-refractivity contribution in [3.05, 3.63) is 53.3 Å². The number of fused-ring (bicyclic) bond motifs is 1. The Morgan fingerprint density at radius 1 is 0.897 bits per heavy atom. The van der Waals surface area contributed by atoms with E-state index in [9.17, 15) is 22.0 Å². The number of piperazine rings is 1. The van der Waals surface area contributed by atoms with Gasteiger partial charge in [0.1, 0.15) is 5.82 Å². The summed E-state index contributed by atoms with van der Waals surface area (Å²) in [7, 11) is 0. The standard InChI is InChI=1S/C18H17F5N6/c19-16(20)13-3-1-12(2-4-13)11-27-7-9-28(10-8-27)15-6-5-14-24-25-17(18(21,22)23)29(14)26-15/h1-6,16H,7-11H2. The lowest BCUT2D eigenvalue weighted by Crippen LogP contribution is -2.46. The predicted molar refractivity (Wildman–Crippen MR) is 94.7 cm³/mol. The maximum Gasteiger partial charge on any atom is 0.453 e. The minimum absolute atomic E-state index is 0.00717. The number of benzene rings is 1. The van der Waals surface area contributed by atoms with Gasteiger partial charge in [0.05, 0.1) is 0 Å². The van der Waals surface area contributed by atoms with E-state index >= 15 is 0 Å². The van der Waals surface area contributed by atoms with E-state index in [-0.39, 0.29) is 11.2 Å². The van der Waals surface area contributed by atoms with Crippen LogP contribution in [-0.2, 0) is 12.7 Å². The Labute approximate surface area is 162 Å². The number of rotatable bonds is 4. The first-order valence-electron chi connectivity index (χ1n) is 8.95. The van der Waals surface area contributed by atoms with Gasteiger partial charge in [0, 0.05) is 38.3 Å². The maximum absolute atomic E-state index is 13.0. The Balaban J connectivity index is 1.41. The molecule has 0 saturated carbocycles. The second kappa shape index (κ2) is 7.54. The molecule has 0 atom stereocenters. The molecule has 1 saturated heterocycles. The monoisotopic (exact) mass is 412 g/mol. The number of halogens is 5. The van der Waals surface area contributed by atoms with Crippen molar-refractivity contribution < 1.29 is 22.0 Å². The van der Waals surface area contributed by atoms with Crippen LogP contribution in [0.4, 0.5) is 27.8 Å². The van der Waals surface area contributed by atoms with Crippen molar-refractivity contribution in [3.8, 4) is 0 Å². The summed E-state index contributed by atoms with van der Waals surface area (Å²) >= 11 is 0. The summed E-state index contributed by atoms with van der Waals surface area (Å²) in [4.78, 5) is 4.06. The second-order valence-electron chi connectivity index (χ2n) is 6.79. The van der Waals surface area contributed by atoms with E-state index in [0.717, 1.165) is 5.56 Å². The Morgan fingerprint density at radius 3 is 2.21 bits per heavy atom. The van der Waals surface area contributed by atoms with E-state index in [1.54, 1.807) is 18.2 Å². The fraction of sp³-hybridized carbons (Fsp3) is 0.389. The molecular weight excluding hydrogens is 395 g/mol. The minimum atomic E-state index is -4.64. The number of alkyl halides is 5. The largest absolute Gasteiger partial charge is 0.453 e. The fourth-order valence-corrected chi connectivity index (χ4v) is 3.29. The molecule has 3 heterocycles. The molecule has 1 aromatic carbocycles. The van der Waals surface area contributed by atoms with Gasteiger partial charge in [0.25, 0.3) is 12.2 Å². The quantitative estimate of drug-likeness (QED) is 0.615. The van der Waals surface area contributed by atoms with Gasteiger partial charge in [0.15, 0.2) is 5.65 Å². The summed E-state index contributed by atoms with van der Waals surface area (Å²) in [6.07, 6.45) is -7.12. The molecule has 154 valence electrons. The first kappa shape index (κ1) is 19.5. The van der Waals surface area contributed by atoms with Gasteiger partial charge in [-0.1, -0.05) is 24.3 Å². The number of nitrogens with zero attached hydrogens (tertiary/aromatic N) is 6. The van der Waals surface area contributed by atoms with Gasteiger partial charge in [0.2, 0.25) is 0 Å². The number of anilines is 1. The zero-order valence-corrected chi connectivity index (χ0v) is 15.2. The Hall–Kier alpha value is -2.82. The molecule has 0 unspecified atom stereocenters. The molecule has 2 aromatic heterocycles. The Morgan fingerprint density at radius 2 is 1.59 bits per heavy atom. The van der Waals surface area contributed by atoms with Gasteiger partial charge in [-0.3, -0.25) is 4.90 Å². The molecule has 0 bridgehead atoms. The molecule has 0 spiro atoms. The third kappa shape index (κ3) is 4.14. The van der Waals surface area contributed by atoms with Crippen LogP contribution in [0.2, 0.25) is 0 Å². The molecule has 0 radical (unpaired) electrons. The summed E-state index contributed by atoms with van der Waals surface area (Å²) in [5.41, 5.74) is 0.959. The van der Waals surface area contributed by atoms with Crippen molar-refractivity contribution in [1.82, 2.24) is 24.7 Å². The first-order valence-corrected chi connectivity index (χ1v) is 8.95. The van der Waals surface area contributed by atoms with Crippen LogP contribution in [0.25, 0.3) is 5.65 Å². The Kier molecular flexibility index (Phi) is 5.07. The van der Waals surface area contributed by atoms with Crippen molar-refractivity contribution in [2.45, 2.75) is 19.1 Å². The average Bonchev–Trinajstić information content (AvgIpc) is 3.13. The van der Waals surface area contributed by atoms with Crippen molar-refractivity contribution in [2.75, 3.05) is 31.1 Å². The molecule has 1 aliphatic rings. The molecule has 29 heavy (non-hydrogen) atoms. The lowest BCUT2D eigenvalue weighted by atomic mass is 10.1. The molecule has 0 amide bonds. The van der Waals surface area contributed by atoms with E-state index in [1.807, 2.05) is 4.90 Å². The van der Waals surface area contributed by atoms with Gasteiger partial charge in [-0.2, -0.15) is 17.7 Å². The SMILES string of the molecule is FC(F)c1ccc(CN2CCN(c3ccc4nnc(C(F)(F)F)n4n3)CC2)cc1. The Bertz CT molecular complexity index is 977. The molecule has 1 aliphatic heterocycles. The number of hydrogen-bond acceptors (Lipinski definition) is 5. The van der Waals surface area contributed by atoms with E-state index in [4.69, 9.17) is 0 Å². The van der Waals surface area contributed by atoms with E-state index < -0.39 is 18.4 Å². The number of hydrogen-bond donors (Lipinski definition) is 0. The molecule has 11 heteroatoms. The van der Waals surface area contributed by atoms with E-state index in [1.165, 1.54) is 18.2 Å². The summed E-state index contributed by atoms with van der Waals surface area (Å²) < 4.78 is 65.1. The minimum Gasteiger partial charge on any atom is -0.353 e. The summed E-state index contributed by atoms with van der Waals surface area (Å²) in [5.74, 6) is -0.732. The molecule has 0 aliphatic carbocycles. The van der Waals surface area contributed by atoms with Gasteiger partial charge in [-0.05, 0) is 17.7 Å². The van der Waals surface area contributed by atoms with E-state index in [2.05, 4.69) is 20.2 Å². The zero-order valence-electron chi connectivity index (χ0n) is 15.2. The van der Waals surface area contributed by atoms with Crippen LogP contribution in [0.3, 0.4) is 0 Å². The van der Waals surface area contributed by atoms with Crippen molar-refractivity contribution in [2.24, 2.45) is 0 Å². The highest BCUT2D eigenvalue weighted by Crippen LogP contribution is 2.28.